The number of nitrogens with zero attached hydrogens (tertiary/aromatic N) is 1. The third-order valence-corrected chi connectivity index (χ3v) is 1.24. The van der Waals surface area contributed by atoms with Crippen molar-refractivity contribution >= 4 is 5.91 Å². The highest BCUT2D eigenvalue weighted by molar-refractivity contribution is 5.91. The van der Waals surface area contributed by atoms with Gasteiger partial charge in [0.15, 0.2) is 0 Å². The van der Waals surface area contributed by atoms with Crippen LogP contribution < -0.4 is 5.48 Å². The van der Waals surface area contributed by atoms with Crippen molar-refractivity contribution in [2.45, 2.75) is 0 Å². The maximum atomic E-state index is 11.6. The van der Waals surface area contributed by atoms with Gasteiger partial charge in [0.1, 0.15) is 19.0 Å². The van der Waals surface area contributed by atoms with Gasteiger partial charge in [-0.05, 0) is 12.1 Å². The van der Waals surface area contributed by atoms with Crippen LogP contribution in [0, 0.1) is 0 Å². The Morgan fingerprint density at radius 2 is 2.46 bits per heavy atom. The molecule has 13 heavy (non-hydrogen) atoms. The minimum absolute atomic E-state index is 0.154. The van der Waals surface area contributed by atoms with E-state index < -0.39 is 12.6 Å². The van der Waals surface area contributed by atoms with E-state index in [-0.39, 0.29) is 12.3 Å². The average molecular weight is 184 g/mol. The zero-order valence-corrected chi connectivity index (χ0v) is 6.87. The average Bonchev–Trinajstić information content (AvgIpc) is 2.19. The van der Waals surface area contributed by atoms with Crippen LogP contribution in [0.1, 0.15) is 10.5 Å². The molecular formula is C8H9FN2O2. The third-order valence-electron chi connectivity index (χ3n) is 1.24. The van der Waals surface area contributed by atoms with Gasteiger partial charge in [-0.25, -0.2) is 9.87 Å². The van der Waals surface area contributed by atoms with Gasteiger partial charge in [0, 0.05) is 6.20 Å². The number of halogens is 1. The van der Waals surface area contributed by atoms with Crippen LogP contribution in [-0.2, 0) is 4.84 Å². The Morgan fingerprint density at radius 1 is 1.62 bits per heavy atom. The van der Waals surface area contributed by atoms with Gasteiger partial charge in [-0.1, -0.05) is 6.07 Å². The molecule has 1 aromatic rings. The number of aromatic nitrogens is 1. The van der Waals surface area contributed by atoms with Crippen LogP contribution in [-0.4, -0.2) is 24.2 Å². The number of amides is 1. The van der Waals surface area contributed by atoms with Gasteiger partial charge < -0.3 is 0 Å². The van der Waals surface area contributed by atoms with Crippen molar-refractivity contribution in [1.29, 1.82) is 0 Å². The molecule has 0 aliphatic rings. The van der Waals surface area contributed by atoms with E-state index in [2.05, 4.69) is 15.3 Å². The van der Waals surface area contributed by atoms with Crippen molar-refractivity contribution in [3.8, 4) is 0 Å². The van der Waals surface area contributed by atoms with Crippen molar-refractivity contribution in [3.05, 3.63) is 30.1 Å². The Hall–Kier alpha value is -1.49. The molecule has 1 heterocycles. The maximum absolute atomic E-state index is 11.6. The Kier molecular flexibility index (Phi) is 3.84. The van der Waals surface area contributed by atoms with Crippen LogP contribution in [0.5, 0.6) is 0 Å². The topological polar surface area (TPSA) is 51.2 Å². The lowest BCUT2D eigenvalue weighted by Crippen LogP contribution is -2.25. The zero-order chi connectivity index (χ0) is 9.52. The van der Waals surface area contributed by atoms with Crippen molar-refractivity contribution in [1.82, 2.24) is 10.5 Å². The predicted octanol–water partition coefficient (Wildman–Crippen LogP) is 0.712. The van der Waals surface area contributed by atoms with Gasteiger partial charge in [-0.3, -0.25) is 14.6 Å². The van der Waals surface area contributed by atoms with E-state index in [4.69, 9.17) is 0 Å². The quantitative estimate of drug-likeness (QED) is 0.554. The van der Waals surface area contributed by atoms with E-state index in [1.165, 1.54) is 12.3 Å². The van der Waals surface area contributed by atoms with Gasteiger partial charge in [-0.15, -0.1) is 0 Å². The first-order chi connectivity index (χ1) is 6.34. The number of carbonyl (C=O) groups excluding carboxylic acids is 1. The van der Waals surface area contributed by atoms with E-state index in [0.717, 1.165) is 0 Å². The monoisotopic (exact) mass is 184 g/mol. The van der Waals surface area contributed by atoms with Crippen LogP contribution >= 0.6 is 0 Å². The molecule has 0 atom stereocenters. The van der Waals surface area contributed by atoms with Crippen molar-refractivity contribution < 1.29 is 14.0 Å². The number of rotatable bonds is 4. The van der Waals surface area contributed by atoms with Crippen LogP contribution in [0.15, 0.2) is 24.4 Å². The smallest absolute Gasteiger partial charge is 0.271 e. The minimum Gasteiger partial charge on any atom is -0.271 e. The van der Waals surface area contributed by atoms with Gasteiger partial charge in [0.05, 0.1) is 0 Å². The summed E-state index contributed by atoms with van der Waals surface area (Å²) in [6.45, 7) is -0.791. The van der Waals surface area contributed by atoms with E-state index in [9.17, 15) is 9.18 Å². The van der Waals surface area contributed by atoms with Crippen molar-refractivity contribution in [3.63, 3.8) is 0 Å². The molecule has 0 unspecified atom stereocenters. The Bertz CT molecular complexity index is 266. The molecule has 0 fully saturated rings. The second-order valence-corrected chi connectivity index (χ2v) is 2.18. The molecule has 0 aliphatic carbocycles. The number of hydrogen-bond acceptors (Lipinski definition) is 3. The normalized spacial score (nSPS) is 9.62. The Morgan fingerprint density at radius 3 is 3.08 bits per heavy atom. The van der Waals surface area contributed by atoms with Gasteiger partial charge in [0.25, 0.3) is 5.91 Å². The molecule has 0 radical (unpaired) electrons. The molecule has 1 N–H and O–H groups in total. The van der Waals surface area contributed by atoms with E-state index >= 15 is 0 Å². The predicted molar refractivity (Wildman–Crippen MR) is 43.6 cm³/mol. The molecular weight excluding hydrogens is 175 g/mol. The molecule has 0 bridgehead atoms. The fraction of sp³-hybridized carbons (Fsp3) is 0.250. The van der Waals surface area contributed by atoms with Gasteiger partial charge in [-0.2, -0.15) is 0 Å². The molecule has 4 nitrogen and oxygen atoms in total. The van der Waals surface area contributed by atoms with E-state index in [1.807, 2.05) is 0 Å². The van der Waals surface area contributed by atoms with Crippen molar-refractivity contribution in [2.75, 3.05) is 13.3 Å². The van der Waals surface area contributed by atoms with Gasteiger partial charge >= 0.3 is 0 Å². The largest absolute Gasteiger partial charge is 0.293 e. The summed E-state index contributed by atoms with van der Waals surface area (Å²) in [7, 11) is 0. The lowest BCUT2D eigenvalue weighted by molar-refractivity contribution is 0.0260. The summed E-state index contributed by atoms with van der Waals surface area (Å²) >= 11 is 0. The first-order valence-corrected chi connectivity index (χ1v) is 3.73. The number of hydrogen-bond donors (Lipinski definition) is 1. The van der Waals surface area contributed by atoms with E-state index in [1.54, 1.807) is 12.1 Å². The summed E-state index contributed by atoms with van der Waals surface area (Å²) < 4.78 is 11.6. The fourth-order valence-corrected chi connectivity index (χ4v) is 0.705. The van der Waals surface area contributed by atoms with Crippen LogP contribution in [0.2, 0.25) is 0 Å². The SMILES string of the molecule is O=C(NOCCF)c1ccccn1. The van der Waals surface area contributed by atoms with Crippen LogP contribution in [0.4, 0.5) is 4.39 Å². The molecule has 0 aromatic carbocycles. The van der Waals surface area contributed by atoms with E-state index in [0.29, 0.717) is 0 Å². The van der Waals surface area contributed by atoms with Crippen LogP contribution in [0.3, 0.4) is 0 Å². The molecule has 0 saturated carbocycles. The summed E-state index contributed by atoms with van der Waals surface area (Å²) in [5, 5.41) is 0. The number of alkyl halides is 1. The molecule has 5 heteroatoms. The third kappa shape index (κ3) is 3.16. The van der Waals surface area contributed by atoms with Crippen LogP contribution in [0.25, 0.3) is 0 Å². The first kappa shape index (κ1) is 9.60. The maximum Gasteiger partial charge on any atom is 0.293 e. The standard InChI is InChI=1S/C8H9FN2O2/c9-4-6-13-11-8(12)7-3-1-2-5-10-7/h1-3,5H,4,6H2,(H,11,12). The highest BCUT2D eigenvalue weighted by atomic mass is 19.1. The summed E-state index contributed by atoms with van der Waals surface area (Å²) in [6.07, 6.45) is 1.49. The Labute approximate surface area is 74.7 Å². The Balaban J connectivity index is 2.40. The summed E-state index contributed by atoms with van der Waals surface area (Å²) in [5.41, 5.74) is 2.30. The first-order valence-electron chi connectivity index (χ1n) is 3.73. The minimum atomic E-state index is -0.636. The number of nitrogens with one attached hydrogen (secondary N) is 1. The number of pyridine rings is 1. The fourth-order valence-electron chi connectivity index (χ4n) is 0.705. The molecule has 1 amide bonds. The lowest BCUT2D eigenvalue weighted by Gasteiger charge is -2.02. The summed E-state index contributed by atoms with van der Waals surface area (Å²) in [5.74, 6) is -0.478. The second-order valence-electron chi connectivity index (χ2n) is 2.18. The summed E-state index contributed by atoms with van der Waals surface area (Å²) in [4.78, 5) is 19.4. The van der Waals surface area contributed by atoms with Gasteiger partial charge in [0.2, 0.25) is 0 Å². The number of hydroxylamine groups is 1. The molecule has 0 aliphatic heterocycles. The highest BCUT2D eigenvalue weighted by Gasteiger charge is 2.04. The second kappa shape index (κ2) is 5.21. The number of carbonyl (C=O) groups is 1. The summed E-state index contributed by atoms with van der Waals surface area (Å²) in [6, 6.07) is 4.91. The molecule has 1 aromatic heterocycles. The molecule has 1 rings (SSSR count). The van der Waals surface area contributed by atoms with Crippen molar-refractivity contribution in [2.24, 2.45) is 0 Å². The highest BCUT2D eigenvalue weighted by Crippen LogP contribution is 1.92. The molecule has 70 valence electrons. The molecule has 0 spiro atoms. The zero-order valence-electron chi connectivity index (χ0n) is 6.87. The lowest BCUT2D eigenvalue weighted by atomic mass is 10.3. The molecule has 0 saturated heterocycles.